The molecule has 0 aliphatic heterocycles. The highest BCUT2D eigenvalue weighted by Crippen LogP contribution is 2.26. The maximum absolute atomic E-state index is 12.1. The van der Waals surface area contributed by atoms with Crippen LogP contribution in [0, 0.1) is 0 Å². The molecule has 0 atom stereocenters. The molecule has 0 saturated heterocycles. The highest BCUT2D eigenvalue weighted by atomic mass is 35.5. The molecule has 0 bridgehead atoms. The Hall–Kier alpha value is -2.05. The Labute approximate surface area is 128 Å². The Morgan fingerprint density at radius 3 is 2.38 bits per heavy atom. The quantitative estimate of drug-likeness (QED) is 0.908. The normalized spacial score (nSPS) is 11.0. The average molecular weight is 325 g/mol. The van der Waals surface area contributed by atoms with E-state index in [9.17, 15) is 13.2 Å². The number of hydrogen-bond donors (Lipinski definition) is 2. The van der Waals surface area contributed by atoms with Crippen LogP contribution >= 0.6 is 11.6 Å². The number of sulfonamides is 1. The monoisotopic (exact) mass is 324 g/mol. The number of nitrogens with one attached hydrogen (secondary N) is 2. The van der Waals surface area contributed by atoms with Crippen molar-refractivity contribution in [3.05, 3.63) is 59.1 Å². The summed E-state index contributed by atoms with van der Waals surface area (Å²) in [7, 11) is -3.39. The molecule has 21 heavy (non-hydrogen) atoms. The molecular weight excluding hydrogens is 312 g/mol. The van der Waals surface area contributed by atoms with Gasteiger partial charge in [-0.25, -0.2) is 8.42 Å². The van der Waals surface area contributed by atoms with Crippen LogP contribution in [0.2, 0.25) is 5.02 Å². The first-order valence-corrected chi connectivity index (χ1v) is 8.26. The van der Waals surface area contributed by atoms with Gasteiger partial charge >= 0.3 is 0 Å². The van der Waals surface area contributed by atoms with E-state index in [1.807, 2.05) is 0 Å². The second-order valence-electron chi connectivity index (χ2n) is 4.39. The van der Waals surface area contributed by atoms with Crippen LogP contribution in [-0.4, -0.2) is 20.6 Å². The number of carbonyl (C=O) groups is 1. The average Bonchev–Trinajstić information content (AvgIpc) is 2.42. The molecule has 0 saturated carbocycles. The molecule has 0 radical (unpaired) electrons. The number of carbonyl (C=O) groups excluding carboxylic acids is 1. The molecule has 0 aliphatic carbocycles. The largest absolute Gasteiger partial charge is 0.321 e. The fraction of sp³-hybridized carbons (Fsp3) is 0.0714. The van der Waals surface area contributed by atoms with E-state index in [4.69, 9.17) is 11.6 Å². The van der Waals surface area contributed by atoms with Gasteiger partial charge in [0.2, 0.25) is 10.0 Å². The van der Waals surface area contributed by atoms with Gasteiger partial charge in [0, 0.05) is 5.56 Å². The van der Waals surface area contributed by atoms with E-state index >= 15 is 0 Å². The number of hydrogen-bond acceptors (Lipinski definition) is 3. The molecule has 2 aromatic carbocycles. The number of rotatable bonds is 4. The molecule has 2 N–H and O–H groups in total. The Balaban J connectivity index is 2.23. The molecule has 0 heterocycles. The van der Waals surface area contributed by atoms with Crippen LogP contribution < -0.4 is 10.0 Å². The van der Waals surface area contributed by atoms with Gasteiger partial charge in [-0.2, -0.15) is 0 Å². The molecule has 2 aromatic rings. The van der Waals surface area contributed by atoms with Crippen LogP contribution in [-0.2, 0) is 10.0 Å². The Morgan fingerprint density at radius 2 is 1.76 bits per heavy atom. The topological polar surface area (TPSA) is 75.3 Å². The molecule has 0 aliphatic rings. The lowest BCUT2D eigenvalue weighted by Gasteiger charge is -2.10. The second-order valence-corrected chi connectivity index (χ2v) is 6.54. The van der Waals surface area contributed by atoms with E-state index in [2.05, 4.69) is 10.0 Å². The Kier molecular flexibility index (Phi) is 4.50. The summed E-state index contributed by atoms with van der Waals surface area (Å²) in [5, 5.41) is 2.96. The Bertz CT molecular complexity index is 761. The minimum Gasteiger partial charge on any atom is -0.321 e. The van der Waals surface area contributed by atoms with E-state index < -0.39 is 10.0 Å². The van der Waals surface area contributed by atoms with Gasteiger partial charge in [-0.15, -0.1) is 0 Å². The lowest BCUT2D eigenvalue weighted by Crippen LogP contribution is -2.13. The van der Waals surface area contributed by atoms with E-state index in [1.165, 1.54) is 18.2 Å². The van der Waals surface area contributed by atoms with Crippen molar-refractivity contribution in [3.63, 3.8) is 0 Å². The SMILES string of the molecule is CS(=O)(=O)Nc1ccc(Cl)c(NC(=O)c2ccccc2)c1. The smallest absolute Gasteiger partial charge is 0.255 e. The van der Waals surface area contributed by atoms with Crippen LogP contribution in [0.4, 0.5) is 11.4 Å². The van der Waals surface area contributed by atoms with Crippen LogP contribution in [0.3, 0.4) is 0 Å². The van der Waals surface area contributed by atoms with Crippen molar-refractivity contribution in [3.8, 4) is 0 Å². The fourth-order valence-corrected chi connectivity index (χ4v) is 2.40. The molecular formula is C14H13ClN2O3S. The number of amides is 1. The van der Waals surface area contributed by atoms with Crippen molar-refractivity contribution >= 4 is 38.9 Å². The van der Waals surface area contributed by atoms with Crippen molar-refractivity contribution in [2.75, 3.05) is 16.3 Å². The molecule has 1 amide bonds. The molecule has 0 spiro atoms. The van der Waals surface area contributed by atoms with Crippen LogP contribution in [0.25, 0.3) is 0 Å². The van der Waals surface area contributed by atoms with E-state index in [0.29, 0.717) is 22.0 Å². The highest BCUT2D eigenvalue weighted by Gasteiger charge is 2.10. The predicted octanol–water partition coefficient (Wildman–Crippen LogP) is 2.96. The lowest BCUT2D eigenvalue weighted by molar-refractivity contribution is 0.102. The van der Waals surface area contributed by atoms with E-state index in [0.717, 1.165) is 6.26 Å². The lowest BCUT2D eigenvalue weighted by atomic mass is 10.2. The van der Waals surface area contributed by atoms with Gasteiger partial charge in [0.15, 0.2) is 0 Å². The van der Waals surface area contributed by atoms with Gasteiger partial charge in [0.1, 0.15) is 0 Å². The standard InChI is InChI=1S/C14H13ClN2O3S/c1-21(19,20)17-11-7-8-12(15)13(9-11)16-14(18)10-5-3-2-4-6-10/h2-9,17H,1H3,(H,16,18). The predicted molar refractivity (Wildman–Crippen MR) is 84.3 cm³/mol. The number of benzene rings is 2. The van der Waals surface area contributed by atoms with Crippen LogP contribution in [0.15, 0.2) is 48.5 Å². The molecule has 5 nitrogen and oxygen atoms in total. The zero-order valence-corrected chi connectivity index (χ0v) is 12.7. The summed E-state index contributed by atoms with van der Waals surface area (Å²) in [6.07, 6.45) is 1.05. The van der Waals surface area contributed by atoms with Gasteiger partial charge in [0.25, 0.3) is 5.91 Å². The third-order valence-electron chi connectivity index (χ3n) is 2.55. The first kappa shape index (κ1) is 15.3. The first-order valence-electron chi connectivity index (χ1n) is 5.99. The summed E-state index contributed by atoms with van der Waals surface area (Å²) >= 11 is 6.01. The van der Waals surface area contributed by atoms with Gasteiger partial charge in [0.05, 0.1) is 22.7 Å². The van der Waals surface area contributed by atoms with Crippen molar-refractivity contribution in [2.24, 2.45) is 0 Å². The van der Waals surface area contributed by atoms with Crippen LogP contribution in [0.1, 0.15) is 10.4 Å². The molecule has 0 aromatic heterocycles. The maximum Gasteiger partial charge on any atom is 0.255 e. The minimum atomic E-state index is -3.39. The third kappa shape index (κ3) is 4.47. The summed E-state index contributed by atoms with van der Waals surface area (Å²) < 4.78 is 24.7. The van der Waals surface area contributed by atoms with E-state index in [-0.39, 0.29) is 5.91 Å². The Morgan fingerprint density at radius 1 is 1.10 bits per heavy atom. The molecule has 0 fully saturated rings. The summed E-state index contributed by atoms with van der Waals surface area (Å²) in [4.78, 5) is 12.1. The zero-order chi connectivity index (χ0) is 15.5. The second kappa shape index (κ2) is 6.15. The van der Waals surface area contributed by atoms with Crippen molar-refractivity contribution < 1.29 is 13.2 Å². The minimum absolute atomic E-state index is 0.318. The number of anilines is 2. The summed E-state index contributed by atoms with van der Waals surface area (Å²) in [5.74, 6) is -0.325. The fourth-order valence-electron chi connectivity index (χ4n) is 1.68. The summed E-state index contributed by atoms with van der Waals surface area (Å²) in [6, 6.07) is 13.1. The van der Waals surface area contributed by atoms with Crippen LogP contribution in [0.5, 0.6) is 0 Å². The van der Waals surface area contributed by atoms with Gasteiger partial charge in [-0.1, -0.05) is 29.8 Å². The van der Waals surface area contributed by atoms with Crippen molar-refractivity contribution in [1.29, 1.82) is 0 Å². The molecule has 7 heteroatoms. The number of halogens is 1. The van der Waals surface area contributed by atoms with Gasteiger partial charge < -0.3 is 5.32 Å². The first-order chi connectivity index (χ1) is 9.85. The van der Waals surface area contributed by atoms with Crippen molar-refractivity contribution in [1.82, 2.24) is 0 Å². The third-order valence-corrected chi connectivity index (χ3v) is 3.49. The van der Waals surface area contributed by atoms with E-state index in [1.54, 1.807) is 30.3 Å². The summed E-state index contributed by atoms with van der Waals surface area (Å²) in [5.41, 5.74) is 1.14. The summed E-state index contributed by atoms with van der Waals surface area (Å²) in [6.45, 7) is 0. The molecule has 0 unspecified atom stereocenters. The maximum atomic E-state index is 12.1. The molecule has 110 valence electrons. The molecule has 2 rings (SSSR count). The van der Waals surface area contributed by atoms with Crippen molar-refractivity contribution in [2.45, 2.75) is 0 Å². The van der Waals surface area contributed by atoms with Gasteiger partial charge in [-0.05, 0) is 30.3 Å². The zero-order valence-electron chi connectivity index (χ0n) is 11.1. The highest BCUT2D eigenvalue weighted by molar-refractivity contribution is 7.92. The van der Waals surface area contributed by atoms with Gasteiger partial charge in [-0.3, -0.25) is 9.52 Å².